The zero-order valence-electron chi connectivity index (χ0n) is 8.66. The van der Waals surface area contributed by atoms with Crippen LogP contribution < -0.4 is 0 Å². The molecule has 1 aromatic carbocycles. The third kappa shape index (κ3) is 2.65. The molecule has 1 rings (SSSR count). The molecule has 4 nitrogen and oxygen atoms in total. The van der Waals surface area contributed by atoms with Gasteiger partial charge in [-0.15, -0.1) is 0 Å². The molecule has 1 aromatic rings. The van der Waals surface area contributed by atoms with E-state index in [1.54, 1.807) is 6.92 Å². The first-order valence-electron chi connectivity index (χ1n) is 4.66. The molecule has 84 valence electrons. The minimum Gasteiger partial charge on any atom is -0.506 e. The minimum atomic E-state index is -0.491. The van der Waals surface area contributed by atoms with Gasteiger partial charge in [-0.3, -0.25) is 4.79 Å². The number of benzene rings is 1. The summed E-state index contributed by atoms with van der Waals surface area (Å²) >= 11 is 5.83. The number of hydrogen-bond acceptors (Lipinski definition) is 4. The molecule has 0 aliphatic heterocycles. The Kier molecular flexibility index (Phi) is 4.15. The first kappa shape index (κ1) is 12.3. The van der Waals surface area contributed by atoms with Crippen LogP contribution in [0.25, 0.3) is 0 Å². The average Bonchev–Trinajstić information content (AvgIpc) is 2.25. The van der Waals surface area contributed by atoms with E-state index in [-0.39, 0.29) is 34.9 Å². The Morgan fingerprint density at radius 3 is 2.88 bits per heavy atom. The summed E-state index contributed by atoms with van der Waals surface area (Å²) in [5, 5.41) is 18.6. The SMILES string of the molecule is CCOC(=O)Cc1c(Cl)ccc(C#N)c1O. The molecule has 0 atom stereocenters. The number of carbonyl (C=O) groups is 1. The van der Waals surface area contributed by atoms with Crippen molar-refractivity contribution in [3.05, 3.63) is 28.3 Å². The van der Waals surface area contributed by atoms with Crippen LogP contribution in [0.5, 0.6) is 5.75 Å². The van der Waals surface area contributed by atoms with Gasteiger partial charge in [0.1, 0.15) is 11.8 Å². The summed E-state index contributed by atoms with van der Waals surface area (Å²) < 4.78 is 4.74. The summed E-state index contributed by atoms with van der Waals surface area (Å²) in [6.45, 7) is 1.94. The standard InChI is InChI=1S/C11H10ClNO3/c1-2-16-10(14)5-8-9(12)4-3-7(6-13)11(8)15/h3-4,15H,2,5H2,1H3. The lowest BCUT2D eigenvalue weighted by molar-refractivity contribution is -0.142. The highest BCUT2D eigenvalue weighted by atomic mass is 35.5. The molecule has 0 aliphatic carbocycles. The summed E-state index contributed by atoms with van der Waals surface area (Å²) in [5.41, 5.74) is 0.308. The number of rotatable bonds is 3. The highest BCUT2D eigenvalue weighted by molar-refractivity contribution is 6.31. The Balaban J connectivity index is 3.04. The van der Waals surface area contributed by atoms with Crippen molar-refractivity contribution >= 4 is 17.6 Å². The molecule has 0 saturated carbocycles. The lowest BCUT2D eigenvalue weighted by Crippen LogP contribution is -2.08. The molecule has 16 heavy (non-hydrogen) atoms. The maximum atomic E-state index is 11.2. The maximum absolute atomic E-state index is 11.2. The molecular formula is C11H10ClNO3. The van der Waals surface area contributed by atoms with Crippen LogP contribution in [0.4, 0.5) is 0 Å². The maximum Gasteiger partial charge on any atom is 0.310 e. The number of carbonyl (C=O) groups excluding carboxylic acids is 1. The Morgan fingerprint density at radius 2 is 2.31 bits per heavy atom. The van der Waals surface area contributed by atoms with Crippen molar-refractivity contribution in [2.75, 3.05) is 6.61 Å². The summed E-state index contributed by atoms with van der Waals surface area (Å²) in [6, 6.07) is 4.67. The molecule has 0 saturated heterocycles. The molecule has 0 bridgehead atoms. The Morgan fingerprint density at radius 1 is 1.62 bits per heavy atom. The Bertz CT molecular complexity index is 451. The second kappa shape index (κ2) is 5.38. The largest absolute Gasteiger partial charge is 0.506 e. The zero-order chi connectivity index (χ0) is 12.1. The van der Waals surface area contributed by atoms with Crippen LogP contribution in [0.15, 0.2) is 12.1 Å². The molecule has 0 aliphatic rings. The smallest absolute Gasteiger partial charge is 0.310 e. The van der Waals surface area contributed by atoms with Gasteiger partial charge in [0.05, 0.1) is 18.6 Å². The topological polar surface area (TPSA) is 70.3 Å². The van der Waals surface area contributed by atoms with Crippen molar-refractivity contribution in [1.82, 2.24) is 0 Å². The van der Waals surface area contributed by atoms with Crippen LogP contribution in [-0.2, 0) is 16.0 Å². The van der Waals surface area contributed by atoms with Gasteiger partial charge in [0.25, 0.3) is 0 Å². The van der Waals surface area contributed by atoms with E-state index in [0.29, 0.717) is 0 Å². The van der Waals surface area contributed by atoms with Crippen LogP contribution >= 0.6 is 11.6 Å². The predicted octanol–water partition coefficient (Wildman–Crippen LogP) is 2.02. The van der Waals surface area contributed by atoms with E-state index in [1.165, 1.54) is 12.1 Å². The van der Waals surface area contributed by atoms with Crippen molar-refractivity contribution in [3.8, 4) is 11.8 Å². The number of hydrogen-bond donors (Lipinski definition) is 1. The number of ether oxygens (including phenoxy) is 1. The first-order chi connectivity index (χ1) is 7.60. The van der Waals surface area contributed by atoms with Gasteiger partial charge in [0.2, 0.25) is 0 Å². The van der Waals surface area contributed by atoms with Crippen molar-refractivity contribution < 1.29 is 14.6 Å². The quantitative estimate of drug-likeness (QED) is 0.820. The molecule has 0 fully saturated rings. The normalized spacial score (nSPS) is 9.56. The molecule has 0 radical (unpaired) electrons. The zero-order valence-corrected chi connectivity index (χ0v) is 9.41. The van der Waals surface area contributed by atoms with Gasteiger partial charge in [0, 0.05) is 10.6 Å². The second-order valence-corrected chi connectivity index (χ2v) is 3.42. The molecule has 0 unspecified atom stereocenters. The van der Waals surface area contributed by atoms with Crippen molar-refractivity contribution in [2.24, 2.45) is 0 Å². The number of halogens is 1. The molecular weight excluding hydrogens is 230 g/mol. The van der Waals surface area contributed by atoms with Crippen LogP contribution in [0.3, 0.4) is 0 Å². The number of aromatic hydroxyl groups is 1. The van der Waals surface area contributed by atoms with E-state index in [1.807, 2.05) is 6.07 Å². The number of phenolic OH excluding ortho intramolecular Hbond substituents is 1. The number of nitrogens with zero attached hydrogens (tertiary/aromatic N) is 1. The Hall–Kier alpha value is -1.73. The summed E-state index contributed by atoms with van der Waals surface area (Å²) in [5.74, 6) is -0.752. The van der Waals surface area contributed by atoms with Gasteiger partial charge >= 0.3 is 5.97 Å². The van der Waals surface area contributed by atoms with Gasteiger partial charge in [-0.25, -0.2) is 0 Å². The van der Waals surface area contributed by atoms with E-state index in [0.717, 1.165) is 0 Å². The van der Waals surface area contributed by atoms with Crippen LogP contribution in [0.1, 0.15) is 18.1 Å². The third-order valence-corrected chi connectivity index (χ3v) is 2.33. The summed E-state index contributed by atoms with van der Waals surface area (Å²) in [4.78, 5) is 11.2. The van der Waals surface area contributed by atoms with Crippen molar-refractivity contribution in [3.63, 3.8) is 0 Å². The molecule has 1 N–H and O–H groups in total. The van der Waals surface area contributed by atoms with Crippen molar-refractivity contribution in [1.29, 1.82) is 5.26 Å². The van der Waals surface area contributed by atoms with Crippen LogP contribution in [0, 0.1) is 11.3 Å². The summed E-state index contributed by atoms with van der Waals surface area (Å²) in [6.07, 6.45) is -0.145. The number of nitriles is 1. The fourth-order valence-corrected chi connectivity index (χ4v) is 1.45. The molecule has 0 aromatic heterocycles. The van der Waals surface area contributed by atoms with Crippen molar-refractivity contribution in [2.45, 2.75) is 13.3 Å². The van der Waals surface area contributed by atoms with Gasteiger partial charge in [-0.1, -0.05) is 11.6 Å². The van der Waals surface area contributed by atoms with E-state index in [2.05, 4.69) is 0 Å². The van der Waals surface area contributed by atoms with E-state index >= 15 is 0 Å². The van der Waals surface area contributed by atoms with E-state index in [4.69, 9.17) is 21.6 Å². The molecule has 0 amide bonds. The second-order valence-electron chi connectivity index (χ2n) is 3.02. The predicted molar refractivity (Wildman–Crippen MR) is 58.2 cm³/mol. The monoisotopic (exact) mass is 239 g/mol. The minimum absolute atomic E-state index is 0.0868. The molecule has 5 heteroatoms. The highest BCUT2D eigenvalue weighted by Gasteiger charge is 2.15. The van der Waals surface area contributed by atoms with Crippen LogP contribution in [0.2, 0.25) is 5.02 Å². The Labute approximate surface area is 98.0 Å². The third-order valence-electron chi connectivity index (χ3n) is 1.97. The van der Waals surface area contributed by atoms with Gasteiger partial charge in [0.15, 0.2) is 0 Å². The average molecular weight is 240 g/mol. The fraction of sp³-hybridized carbons (Fsp3) is 0.273. The molecule has 0 heterocycles. The first-order valence-corrected chi connectivity index (χ1v) is 5.04. The van der Waals surface area contributed by atoms with Crippen LogP contribution in [-0.4, -0.2) is 17.7 Å². The fourth-order valence-electron chi connectivity index (χ4n) is 1.23. The van der Waals surface area contributed by atoms with E-state index in [9.17, 15) is 9.90 Å². The lowest BCUT2D eigenvalue weighted by Gasteiger charge is -2.07. The molecule has 0 spiro atoms. The highest BCUT2D eigenvalue weighted by Crippen LogP contribution is 2.29. The van der Waals surface area contributed by atoms with Gasteiger partial charge in [-0.05, 0) is 19.1 Å². The number of phenols is 1. The van der Waals surface area contributed by atoms with Gasteiger partial charge < -0.3 is 9.84 Å². The summed E-state index contributed by atoms with van der Waals surface area (Å²) in [7, 11) is 0. The van der Waals surface area contributed by atoms with E-state index < -0.39 is 5.97 Å². The van der Waals surface area contributed by atoms with Gasteiger partial charge in [-0.2, -0.15) is 5.26 Å². The lowest BCUT2D eigenvalue weighted by atomic mass is 10.1. The number of esters is 1.